The molecule has 0 fully saturated rings. The van der Waals surface area contributed by atoms with Crippen LogP contribution in [-0.4, -0.2) is 44.6 Å². The number of benzene rings is 1. The molecule has 2 aromatic rings. The molecule has 0 aliphatic carbocycles. The molecule has 1 aromatic heterocycles. The standard InChI is InChI=1S/C19H24N6O3/c1-19(2,3)22-18(28)24-7-8-25-13(10-24)14(17(21)27)15(23-25)11-5-4-6-12(9-11)16(20)26/h4-6,9H,7-8,10H2,1-3H3,(H2,20,26)(H2,21,27)(H,22,28). The number of amides is 4. The number of hydrogen-bond acceptors (Lipinski definition) is 4. The SMILES string of the molecule is CC(C)(C)NC(=O)N1CCn2nc(-c3cccc(C(N)=O)c3)c(C(N)=O)c2C1. The Bertz CT molecular complexity index is 957. The summed E-state index contributed by atoms with van der Waals surface area (Å²) in [5, 5.41) is 7.43. The molecular weight excluding hydrogens is 360 g/mol. The molecule has 1 aliphatic heterocycles. The van der Waals surface area contributed by atoms with Gasteiger partial charge in [0.1, 0.15) is 5.69 Å². The van der Waals surface area contributed by atoms with Gasteiger partial charge >= 0.3 is 6.03 Å². The Balaban J connectivity index is 2.00. The molecule has 0 atom stereocenters. The van der Waals surface area contributed by atoms with Gasteiger partial charge in [-0.3, -0.25) is 14.3 Å². The van der Waals surface area contributed by atoms with Crippen LogP contribution in [0.4, 0.5) is 4.79 Å². The molecule has 4 amide bonds. The Labute approximate surface area is 162 Å². The van der Waals surface area contributed by atoms with Crippen LogP contribution in [0.5, 0.6) is 0 Å². The van der Waals surface area contributed by atoms with Gasteiger partial charge in [-0.1, -0.05) is 12.1 Å². The third-order valence-electron chi connectivity index (χ3n) is 4.42. The Hall–Kier alpha value is -3.36. The van der Waals surface area contributed by atoms with Gasteiger partial charge in [0.15, 0.2) is 0 Å². The smallest absolute Gasteiger partial charge is 0.318 e. The largest absolute Gasteiger partial charge is 0.366 e. The normalized spacial score (nSPS) is 13.8. The second kappa shape index (κ2) is 6.99. The monoisotopic (exact) mass is 384 g/mol. The highest BCUT2D eigenvalue weighted by Gasteiger charge is 2.30. The van der Waals surface area contributed by atoms with Crippen LogP contribution in [0.25, 0.3) is 11.3 Å². The van der Waals surface area contributed by atoms with Crippen LogP contribution in [0.15, 0.2) is 24.3 Å². The maximum absolute atomic E-state index is 12.5. The van der Waals surface area contributed by atoms with Crippen LogP contribution >= 0.6 is 0 Å². The zero-order chi connectivity index (χ0) is 20.6. The quantitative estimate of drug-likeness (QED) is 0.729. The molecule has 0 saturated carbocycles. The summed E-state index contributed by atoms with van der Waals surface area (Å²) in [6, 6.07) is 6.35. The van der Waals surface area contributed by atoms with Gasteiger partial charge in [-0.2, -0.15) is 5.10 Å². The maximum atomic E-state index is 12.5. The fraction of sp³-hybridized carbons (Fsp3) is 0.368. The minimum Gasteiger partial charge on any atom is -0.366 e. The van der Waals surface area contributed by atoms with E-state index in [1.807, 2.05) is 20.8 Å². The molecule has 3 rings (SSSR count). The van der Waals surface area contributed by atoms with E-state index < -0.39 is 11.8 Å². The van der Waals surface area contributed by atoms with Gasteiger partial charge in [0.05, 0.1) is 24.3 Å². The number of urea groups is 1. The summed E-state index contributed by atoms with van der Waals surface area (Å²) in [5.74, 6) is -1.21. The van der Waals surface area contributed by atoms with Crippen LogP contribution in [0.3, 0.4) is 0 Å². The van der Waals surface area contributed by atoms with Crippen molar-refractivity contribution in [2.45, 2.75) is 39.4 Å². The first-order valence-corrected chi connectivity index (χ1v) is 8.93. The summed E-state index contributed by atoms with van der Waals surface area (Å²) in [6.07, 6.45) is 0. The Morgan fingerprint density at radius 3 is 2.43 bits per heavy atom. The maximum Gasteiger partial charge on any atom is 0.318 e. The molecule has 0 saturated heterocycles. The van der Waals surface area contributed by atoms with E-state index in [1.165, 1.54) is 0 Å². The van der Waals surface area contributed by atoms with Crippen molar-refractivity contribution in [2.75, 3.05) is 6.54 Å². The van der Waals surface area contributed by atoms with Gasteiger partial charge in [-0.15, -0.1) is 0 Å². The Morgan fingerprint density at radius 2 is 1.82 bits per heavy atom. The fourth-order valence-electron chi connectivity index (χ4n) is 3.17. The molecular formula is C19H24N6O3. The number of hydrogen-bond donors (Lipinski definition) is 3. The van der Waals surface area contributed by atoms with Gasteiger partial charge in [-0.05, 0) is 32.9 Å². The lowest BCUT2D eigenvalue weighted by Gasteiger charge is -2.31. The third kappa shape index (κ3) is 3.83. The van der Waals surface area contributed by atoms with Crippen LogP contribution in [0, 0.1) is 0 Å². The predicted octanol–water partition coefficient (Wildman–Crippen LogP) is 1.07. The zero-order valence-corrected chi connectivity index (χ0v) is 16.2. The topological polar surface area (TPSA) is 136 Å². The van der Waals surface area contributed by atoms with Gasteiger partial charge in [0, 0.05) is 23.2 Å². The molecule has 148 valence electrons. The van der Waals surface area contributed by atoms with Crippen molar-refractivity contribution in [3.05, 3.63) is 41.1 Å². The lowest BCUT2D eigenvalue weighted by Crippen LogP contribution is -2.50. The van der Waals surface area contributed by atoms with Gasteiger partial charge < -0.3 is 21.7 Å². The van der Waals surface area contributed by atoms with E-state index in [1.54, 1.807) is 33.8 Å². The number of aromatic nitrogens is 2. The minimum atomic E-state index is -0.640. The molecule has 9 nitrogen and oxygen atoms in total. The number of rotatable bonds is 3. The number of fused-ring (bicyclic) bond motifs is 1. The first kappa shape index (κ1) is 19.4. The number of primary amides is 2. The van der Waals surface area contributed by atoms with E-state index in [0.717, 1.165) is 0 Å². The molecule has 5 N–H and O–H groups in total. The molecule has 0 bridgehead atoms. The molecule has 1 aromatic carbocycles. The average molecular weight is 384 g/mol. The fourth-order valence-corrected chi connectivity index (χ4v) is 3.17. The van der Waals surface area contributed by atoms with Crippen molar-refractivity contribution < 1.29 is 14.4 Å². The summed E-state index contributed by atoms with van der Waals surface area (Å²) in [5.41, 5.74) is 12.7. The summed E-state index contributed by atoms with van der Waals surface area (Å²) in [6.45, 7) is 6.80. The second-order valence-electron chi connectivity index (χ2n) is 7.80. The summed E-state index contributed by atoms with van der Waals surface area (Å²) < 4.78 is 1.69. The van der Waals surface area contributed by atoms with E-state index in [-0.39, 0.29) is 23.7 Å². The number of carbonyl (C=O) groups excluding carboxylic acids is 3. The number of nitrogens with one attached hydrogen (secondary N) is 1. The summed E-state index contributed by atoms with van der Waals surface area (Å²) in [7, 11) is 0. The van der Waals surface area contributed by atoms with Crippen LogP contribution in [0.1, 0.15) is 47.2 Å². The number of carbonyl (C=O) groups is 3. The van der Waals surface area contributed by atoms with E-state index in [4.69, 9.17) is 11.5 Å². The number of nitrogens with two attached hydrogens (primary N) is 2. The van der Waals surface area contributed by atoms with E-state index >= 15 is 0 Å². The van der Waals surface area contributed by atoms with Crippen LogP contribution in [0.2, 0.25) is 0 Å². The molecule has 0 unspecified atom stereocenters. The van der Waals surface area contributed by atoms with Crippen molar-refractivity contribution in [1.29, 1.82) is 0 Å². The van der Waals surface area contributed by atoms with E-state index in [0.29, 0.717) is 35.6 Å². The lowest BCUT2D eigenvalue weighted by molar-refractivity contribution is 0.0991. The number of nitrogens with zero attached hydrogens (tertiary/aromatic N) is 3. The Morgan fingerprint density at radius 1 is 1.11 bits per heavy atom. The molecule has 1 aliphatic rings. The highest BCUT2D eigenvalue weighted by molar-refractivity contribution is 6.01. The van der Waals surface area contributed by atoms with Crippen molar-refractivity contribution in [3.8, 4) is 11.3 Å². The zero-order valence-electron chi connectivity index (χ0n) is 16.2. The van der Waals surface area contributed by atoms with Crippen LogP contribution in [-0.2, 0) is 13.1 Å². The first-order chi connectivity index (χ1) is 13.1. The molecule has 0 radical (unpaired) electrons. The molecule has 2 heterocycles. The second-order valence-corrected chi connectivity index (χ2v) is 7.80. The predicted molar refractivity (Wildman–Crippen MR) is 103 cm³/mol. The van der Waals surface area contributed by atoms with E-state index in [9.17, 15) is 14.4 Å². The molecule has 9 heteroatoms. The highest BCUT2D eigenvalue weighted by Crippen LogP contribution is 2.29. The summed E-state index contributed by atoms with van der Waals surface area (Å²) >= 11 is 0. The van der Waals surface area contributed by atoms with Gasteiger partial charge in [-0.25, -0.2) is 4.79 Å². The minimum absolute atomic E-state index is 0.211. The third-order valence-corrected chi connectivity index (χ3v) is 4.42. The first-order valence-electron chi connectivity index (χ1n) is 8.93. The lowest BCUT2D eigenvalue weighted by atomic mass is 10.0. The molecule has 0 spiro atoms. The highest BCUT2D eigenvalue weighted by atomic mass is 16.2. The molecule has 28 heavy (non-hydrogen) atoms. The van der Waals surface area contributed by atoms with E-state index in [2.05, 4.69) is 10.4 Å². The van der Waals surface area contributed by atoms with Gasteiger partial charge in [0.2, 0.25) is 5.91 Å². The average Bonchev–Trinajstić information content (AvgIpc) is 2.99. The van der Waals surface area contributed by atoms with Crippen molar-refractivity contribution in [2.24, 2.45) is 11.5 Å². The van der Waals surface area contributed by atoms with Crippen molar-refractivity contribution >= 4 is 17.8 Å². The van der Waals surface area contributed by atoms with Crippen molar-refractivity contribution in [3.63, 3.8) is 0 Å². The summed E-state index contributed by atoms with van der Waals surface area (Å²) in [4.78, 5) is 37.8. The van der Waals surface area contributed by atoms with Gasteiger partial charge in [0.25, 0.3) is 5.91 Å². The Kier molecular flexibility index (Phi) is 4.84. The van der Waals surface area contributed by atoms with Crippen LogP contribution < -0.4 is 16.8 Å². The van der Waals surface area contributed by atoms with Crippen molar-refractivity contribution in [1.82, 2.24) is 20.0 Å².